The maximum atomic E-state index is 13.7. The molecule has 1 fully saturated rings. The van der Waals surface area contributed by atoms with Crippen LogP contribution < -0.4 is 10.1 Å². The van der Waals surface area contributed by atoms with E-state index in [0.29, 0.717) is 0 Å². The number of carbonyl (C=O) groups is 4. The van der Waals surface area contributed by atoms with E-state index in [0.717, 1.165) is 0 Å². The zero-order chi connectivity index (χ0) is 31.4. The predicted octanol–water partition coefficient (Wildman–Crippen LogP) is -0.849. The van der Waals surface area contributed by atoms with Crippen molar-refractivity contribution in [2.75, 3.05) is 20.3 Å². The Morgan fingerprint density at radius 3 is 2.42 bits per heavy atom. The largest absolute Gasteiger partial charge is 0.507 e. The van der Waals surface area contributed by atoms with Crippen LogP contribution in [0.4, 0.5) is 0 Å². The number of aromatic hydroxyl groups is 2. The van der Waals surface area contributed by atoms with Crippen LogP contribution >= 0.6 is 0 Å². The number of nitrogens with one attached hydrogen (secondary N) is 1. The minimum absolute atomic E-state index is 0.0629. The van der Waals surface area contributed by atoms with E-state index >= 15 is 0 Å². The van der Waals surface area contributed by atoms with Crippen molar-refractivity contribution >= 4 is 23.3 Å². The van der Waals surface area contributed by atoms with E-state index in [4.69, 9.17) is 19.3 Å². The van der Waals surface area contributed by atoms with Gasteiger partial charge in [0.15, 0.2) is 17.9 Å². The van der Waals surface area contributed by atoms with Crippen LogP contribution in [-0.4, -0.2) is 104 Å². The Kier molecular flexibility index (Phi) is 8.02. The number of carbonyl (C=O) groups excluding carboxylic acids is 4. The lowest BCUT2D eigenvalue weighted by Crippen LogP contribution is -2.56. The monoisotopic (exact) mass is 601 g/mol. The molecule has 1 heterocycles. The molecule has 3 aliphatic rings. The van der Waals surface area contributed by atoms with Gasteiger partial charge in [-0.25, -0.2) is 0 Å². The zero-order valence-electron chi connectivity index (χ0n) is 23.2. The topological polar surface area (TPSA) is 229 Å². The molecule has 2 aromatic carbocycles. The fraction of sp³-hybridized carbons (Fsp3) is 0.448. The highest BCUT2D eigenvalue weighted by Gasteiger charge is 2.50. The molecule has 2 aliphatic carbocycles. The summed E-state index contributed by atoms with van der Waals surface area (Å²) in [5, 5.41) is 66.0. The number of fused-ring (bicyclic) bond motifs is 3. The number of aliphatic hydroxyl groups is 4. The number of ether oxygens (including phenoxy) is 3. The Morgan fingerprint density at radius 2 is 1.77 bits per heavy atom. The molecule has 43 heavy (non-hydrogen) atoms. The maximum Gasteiger partial charge on any atom is 0.246 e. The molecule has 0 aromatic heterocycles. The van der Waals surface area contributed by atoms with Gasteiger partial charge >= 0.3 is 0 Å². The normalized spacial score (nSPS) is 28.0. The van der Waals surface area contributed by atoms with Crippen LogP contribution in [0.1, 0.15) is 68.8 Å². The van der Waals surface area contributed by atoms with E-state index < -0.39 is 108 Å². The van der Waals surface area contributed by atoms with E-state index in [-0.39, 0.29) is 34.4 Å². The van der Waals surface area contributed by atoms with Crippen molar-refractivity contribution in [3.8, 4) is 17.2 Å². The molecule has 5 rings (SSSR count). The molecule has 14 nitrogen and oxygen atoms in total. The van der Waals surface area contributed by atoms with Crippen LogP contribution in [-0.2, 0) is 25.5 Å². The minimum Gasteiger partial charge on any atom is -0.507 e. The smallest absolute Gasteiger partial charge is 0.246 e. The number of phenols is 2. The molecule has 14 heteroatoms. The number of ketones is 3. The molecule has 7 N–H and O–H groups in total. The second-order valence-electron chi connectivity index (χ2n) is 10.8. The molecule has 0 bridgehead atoms. The van der Waals surface area contributed by atoms with Crippen LogP contribution in [0.15, 0.2) is 18.2 Å². The molecule has 2 aromatic rings. The summed E-state index contributed by atoms with van der Waals surface area (Å²) in [5.74, 6) is -4.84. The van der Waals surface area contributed by atoms with Crippen LogP contribution in [0.3, 0.4) is 0 Å². The third-order valence-electron chi connectivity index (χ3n) is 8.25. The lowest BCUT2D eigenvalue weighted by molar-refractivity contribution is -0.249. The second-order valence-corrected chi connectivity index (χ2v) is 10.8. The summed E-state index contributed by atoms with van der Waals surface area (Å²) < 4.78 is 17.1. The summed E-state index contributed by atoms with van der Waals surface area (Å²) in [4.78, 5) is 51.8. The number of rotatable bonds is 7. The van der Waals surface area contributed by atoms with Gasteiger partial charge < -0.3 is 50.2 Å². The number of amides is 1. The molecule has 1 aliphatic heterocycles. The summed E-state index contributed by atoms with van der Waals surface area (Å²) in [6, 6.07) is 3.35. The second kappa shape index (κ2) is 11.3. The van der Waals surface area contributed by atoms with Crippen LogP contribution in [0.2, 0.25) is 0 Å². The number of Topliss-reactive ketones (excluding diaryl/α,β-unsaturated/α-hetero) is 1. The van der Waals surface area contributed by atoms with Gasteiger partial charge in [0, 0.05) is 36.0 Å². The van der Waals surface area contributed by atoms with Gasteiger partial charge in [-0.2, -0.15) is 0 Å². The number of phenolic OH excluding ortho intramolecular Hbond substituents is 2. The Balaban J connectivity index is 1.63. The molecular weight excluding hydrogens is 570 g/mol. The molecule has 1 saturated heterocycles. The fourth-order valence-corrected chi connectivity index (χ4v) is 6.11. The van der Waals surface area contributed by atoms with E-state index in [2.05, 4.69) is 5.32 Å². The zero-order valence-corrected chi connectivity index (χ0v) is 23.2. The summed E-state index contributed by atoms with van der Waals surface area (Å²) >= 11 is 0. The quantitative estimate of drug-likeness (QED) is 0.164. The van der Waals surface area contributed by atoms with Crippen molar-refractivity contribution < 1.29 is 64.0 Å². The van der Waals surface area contributed by atoms with Gasteiger partial charge in [0.05, 0.1) is 42.0 Å². The van der Waals surface area contributed by atoms with Gasteiger partial charge in [0.1, 0.15) is 42.2 Å². The minimum atomic E-state index is -2.32. The van der Waals surface area contributed by atoms with Crippen molar-refractivity contribution in [1.29, 1.82) is 0 Å². The van der Waals surface area contributed by atoms with Crippen molar-refractivity contribution in [1.82, 2.24) is 5.32 Å². The van der Waals surface area contributed by atoms with E-state index in [1.807, 2.05) is 0 Å². The van der Waals surface area contributed by atoms with Gasteiger partial charge in [0.25, 0.3) is 0 Å². The first kappa shape index (κ1) is 30.5. The van der Waals surface area contributed by atoms with Crippen molar-refractivity contribution in [2.24, 2.45) is 0 Å². The first-order valence-corrected chi connectivity index (χ1v) is 13.5. The molecule has 6 atom stereocenters. The molecule has 230 valence electrons. The molecule has 0 spiro atoms. The first-order chi connectivity index (χ1) is 20.4. The number of benzene rings is 2. The van der Waals surface area contributed by atoms with Gasteiger partial charge in [-0.05, 0) is 13.0 Å². The number of hydrogen-bond donors (Lipinski definition) is 7. The first-order valence-electron chi connectivity index (χ1n) is 13.5. The number of hydrogen-bond acceptors (Lipinski definition) is 13. The standard InChI is InChI=1S/C29H31NO13/c1-11-24(35)14(30-18(34)10-32)6-19(42-11)43-16-8-29(40,17(33)9-31)7-13-21(16)28(39)23-22(26(13)37)25(36)12-4-3-5-15(41-2)20(12)27(23)38/h3-5,11,14,16,19,24,31-32,35,37,39-40H,6-10H2,1-2H3,(H,30,34)/t11?,14?,16-,19-,24?,29-/m0/s1. The lowest BCUT2D eigenvalue weighted by atomic mass is 9.72. The van der Waals surface area contributed by atoms with Crippen LogP contribution in [0.5, 0.6) is 17.2 Å². The summed E-state index contributed by atoms with van der Waals surface area (Å²) in [5.41, 5.74) is -4.03. The van der Waals surface area contributed by atoms with E-state index in [1.54, 1.807) is 0 Å². The lowest BCUT2D eigenvalue weighted by Gasteiger charge is -2.42. The average Bonchev–Trinajstić information content (AvgIpc) is 2.98. The molecule has 3 unspecified atom stereocenters. The summed E-state index contributed by atoms with van der Waals surface area (Å²) in [7, 11) is 1.30. The third-order valence-corrected chi connectivity index (χ3v) is 8.25. The molecular formula is C29H31NO13. The van der Waals surface area contributed by atoms with Crippen LogP contribution in [0, 0.1) is 0 Å². The Morgan fingerprint density at radius 1 is 1.07 bits per heavy atom. The maximum absolute atomic E-state index is 13.7. The third kappa shape index (κ3) is 4.95. The van der Waals surface area contributed by atoms with Gasteiger partial charge in [-0.3, -0.25) is 19.2 Å². The summed E-state index contributed by atoms with van der Waals surface area (Å²) in [6.07, 6.45) is -6.14. The van der Waals surface area contributed by atoms with E-state index in [9.17, 15) is 44.7 Å². The van der Waals surface area contributed by atoms with Gasteiger partial charge in [-0.1, -0.05) is 12.1 Å². The molecule has 0 radical (unpaired) electrons. The van der Waals surface area contributed by atoms with Crippen molar-refractivity contribution in [3.63, 3.8) is 0 Å². The van der Waals surface area contributed by atoms with Crippen molar-refractivity contribution in [2.45, 2.75) is 62.4 Å². The molecule has 1 amide bonds. The summed E-state index contributed by atoms with van der Waals surface area (Å²) in [6.45, 7) is -0.415. The fourth-order valence-electron chi connectivity index (χ4n) is 6.11. The highest BCUT2D eigenvalue weighted by molar-refractivity contribution is 6.31. The Hall–Kier alpha value is -3.92. The van der Waals surface area contributed by atoms with Crippen molar-refractivity contribution in [3.05, 3.63) is 51.6 Å². The number of aliphatic hydroxyl groups excluding tert-OH is 3. The Labute approximate surface area is 244 Å². The van der Waals surface area contributed by atoms with Gasteiger partial charge in [0.2, 0.25) is 11.7 Å². The highest BCUT2D eigenvalue weighted by Crippen LogP contribution is 2.52. The SMILES string of the molecule is COc1cccc2c1C(=O)c1c(O)c3c(c(O)c1C2=O)C[C@@](O)(C(=O)CO)C[C@@H]3O[C@H]1CC(NC(=O)CO)C(O)C(C)O1. The predicted molar refractivity (Wildman–Crippen MR) is 143 cm³/mol. The highest BCUT2D eigenvalue weighted by atomic mass is 16.7. The van der Waals surface area contributed by atoms with E-state index in [1.165, 1.54) is 32.2 Å². The molecule has 0 saturated carbocycles. The van der Waals surface area contributed by atoms with Crippen LogP contribution in [0.25, 0.3) is 0 Å². The average molecular weight is 602 g/mol. The number of methoxy groups -OCH3 is 1. The Bertz CT molecular complexity index is 1520. The van der Waals surface area contributed by atoms with Gasteiger partial charge in [-0.15, -0.1) is 0 Å².